The summed E-state index contributed by atoms with van der Waals surface area (Å²) in [7, 11) is 1.67. The second kappa shape index (κ2) is 6.67. The number of benzene rings is 2. The van der Waals surface area contributed by atoms with Crippen molar-refractivity contribution in [1.29, 1.82) is 0 Å². The molecule has 0 bridgehead atoms. The molecule has 5 heteroatoms. The van der Waals surface area contributed by atoms with Crippen LogP contribution in [0.1, 0.15) is 15.9 Å². The summed E-state index contributed by atoms with van der Waals surface area (Å²) in [5, 5.41) is 0. The van der Waals surface area contributed by atoms with E-state index >= 15 is 0 Å². The Labute approximate surface area is 139 Å². The molecule has 0 N–H and O–H groups in total. The fraction of sp³-hybridized carbons (Fsp3) is 0.133. The van der Waals surface area contributed by atoms with Crippen LogP contribution in [0.3, 0.4) is 0 Å². The van der Waals surface area contributed by atoms with Crippen molar-refractivity contribution in [2.75, 3.05) is 7.05 Å². The predicted molar refractivity (Wildman–Crippen MR) is 89.1 cm³/mol. The molecule has 2 nitrogen and oxygen atoms in total. The van der Waals surface area contributed by atoms with Crippen molar-refractivity contribution in [1.82, 2.24) is 4.90 Å². The highest BCUT2D eigenvalue weighted by atomic mass is 127. The highest BCUT2D eigenvalue weighted by Gasteiger charge is 2.16. The maximum atomic E-state index is 13.6. The van der Waals surface area contributed by atoms with E-state index in [-0.39, 0.29) is 18.3 Å². The van der Waals surface area contributed by atoms with Gasteiger partial charge < -0.3 is 4.90 Å². The summed E-state index contributed by atoms with van der Waals surface area (Å²) >= 11 is 5.53. The minimum atomic E-state index is -0.297. The lowest BCUT2D eigenvalue weighted by Gasteiger charge is -2.18. The van der Waals surface area contributed by atoms with Gasteiger partial charge in [0.2, 0.25) is 0 Å². The monoisotopic (exact) mass is 447 g/mol. The normalized spacial score (nSPS) is 10.4. The van der Waals surface area contributed by atoms with E-state index in [9.17, 15) is 9.18 Å². The Morgan fingerprint density at radius 2 is 2.00 bits per heavy atom. The number of rotatable bonds is 3. The van der Waals surface area contributed by atoms with Gasteiger partial charge in [0.25, 0.3) is 5.91 Å². The Bertz CT molecular complexity index is 648. The predicted octanol–water partition coefficient (Wildman–Crippen LogP) is 4.47. The van der Waals surface area contributed by atoms with E-state index in [1.165, 1.54) is 11.0 Å². The van der Waals surface area contributed by atoms with Crippen LogP contribution in [0.2, 0.25) is 0 Å². The standard InChI is InChI=1S/C15H12BrFINO/c1-19(9-10-4-2-3-5-14(10)17)15(20)12-8-11(18)6-7-13(12)16/h2-8H,9H2,1H3. The number of nitrogens with zero attached hydrogens (tertiary/aromatic N) is 1. The third kappa shape index (κ3) is 3.58. The van der Waals surface area contributed by atoms with Crippen LogP contribution >= 0.6 is 38.5 Å². The first-order valence-electron chi connectivity index (χ1n) is 5.93. The van der Waals surface area contributed by atoms with Gasteiger partial charge in [-0.25, -0.2) is 4.39 Å². The van der Waals surface area contributed by atoms with Gasteiger partial charge in [0.1, 0.15) is 5.82 Å². The van der Waals surface area contributed by atoms with Crippen LogP contribution < -0.4 is 0 Å². The first-order chi connectivity index (χ1) is 9.49. The van der Waals surface area contributed by atoms with Crippen molar-refractivity contribution in [2.24, 2.45) is 0 Å². The molecule has 104 valence electrons. The topological polar surface area (TPSA) is 20.3 Å². The highest BCUT2D eigenvalue weighted by molar-refractivity contribution is 14.1. The third-order valence-corrected chi connectivity index (χ3v) is 4.23. The largest absolute Gasteiger partial charge is 0.337 e. The van der Waals surface area contributed by atoms with Crippen LogP contribution in [0, 0.1) is 9.39 Å². The molecule has 0 aliphatic carbocycles. The molecule has 20 heavy (non-hydrogen) atoms. The van der Waals surface area contributed by atoms with E-state index in [0.29, 0.717) is 11.1 Å². The first kappa shape index (κ1) is 15.4. The van der Waals surface area contributed by atoms with Crippen LogP contribution in [0.15, 0.2) is 46.9 Å². The molecular weight excluding hydrogens is 436 g/mol. The average Bonchev–Trinajstić information content (AvgIpc) is 2.43. The lowest BCUT2D eigenvalue weighted by Crippen LogP contribution is -2.27. The summed E-state index contributed by atoms with van der Waals surface area (Å²) < 4.78 is 15.3. The van der Waals surface area contributed by atoms with Gasteiger partial charge in [-0.15, -0.1) is 0 Å². The molecule has 0 heterocycles. The van der Waals surface area contributed by atoms with Crippen molar-refractivity contribution in [3.8, 4) is 0 Å². The molecule has 0 saturated carbocycles. The van der Waals surface area contributed by atoms with E-state index < -0.39 is 0 Å². The summed E-state index contributed by atoms with van der Waals surface area (Å²) in [6, 6.07) is 12.0. The number of hydrogen-bond donors (Lipinski definition) is 0. The number of halogens is 3. The molecule has 2 aromatic carbocycles. The van der Waals surface area contributed by atoms with E-state index in [2.05, 4.69) is 38.5 Å². The number of carbonyl (C=O) groups excluding carboxylic acids is 1. The Balaban J connectivity index is 2.21. The SMILES string of the molecule is CN(Cc1ccccc1F)C(=O)c1cc(I)ccc1Br. The van der Waals surface area contributed by atoms with Crippen molar-refractivity contribution in [3.63, 3.8) is 0 Å². The summed E-state index contributed by atoms with van der Waals surface area (Å²) in [5.41, 5.74) is 1.08. The van der Waals surface area contributed by atoms with Crippen LogP contribution in [-0.4, -0.2) is 17.9 Å². The molecule has 2 rings (SSSR count). The number of hydrogen-bond acceptors (Lipinski definition) is 1. The summed E-state index contributed by atoms with van der Waals surface area (Å²) in [6.07, 6.45) is 0. The van der Waals surface area contributed by atoms with Crippen LogP contribution in [0.5, 0.6) is 0 Å². The Morgan fingerprint density at radius 3 is 2.70 bits per heavy atom. The second-order valence-electron chi connectivity index (χ2n) is 4.38. The van der Waals surface area contributed by atoms with Crippen LogP contribution in [0.4, 0.5) is 4.39 Å². The molecule has 1 amide bonds. The molecule has 0 unspecified atom stereocenters. The smallest absolute Gasteiger partial charge is 0.255 e. The fourth-order valence-corrected chi connectivity index (χ4v) is 2.73. The summed E-state index contributed by atoms with van der Waals surface area (Å²) in [5.74, 6) is -0.437. The Morgan fingerprint density at radius 1 is 1.30 bits per heavy atom. The Hall–Kier alpha value is -0.950. The Kier molecular flexibility index (Phi) is 5.15. The number of amides is 1. The molecule has 0 atom stereocenters. The molecule has 0 spiro atoms. The zero-order valence-electron chi connectivity index (χ0n) is 10.7. The molecule has 0 aliphatic heterocycles. The molecule has 0 aliphatic rings. The van der Waals surface area contributed by atoms with E-state index in [0.717, 1.165) is 8.04 Å². The van der Waals surface area contributed by atoms with Crippen molar-refractivity contribution in [3.05, 3.63) is 67.5 Å². The molecule has 0 aromatic heterocycles. The molecule has 2 aromatic rings. The summed E-state index contributed by atoms with van der Waals surface area (Å²) in [6.45, 7) is 0.240. The van der Waals surface area contributed by atoms with Crippen molar-refractivity contribution < 1.29 is 9.18 Å². The van der Waals surface area contributed by atoms with Gasteiger partial charge in [-0.2, -0.15) is 0 Å². The maximum Gasteiger partial charge on any atom is 0.255 e. The molecular formula is C15H12BrFINO. The highest BCUT2D eigenvalue weighted by Crippen LogP contribution is 2.21. The van der Waals surface area contributed by atoms with Gasteiger partial charge in [0.05, 0.1) is 5.56 Å². The van der Waals surface area contributed by atoms with Gasteiger partial charge in [0.15, 0.2) is 0 Å². The van der Waals surface area contributed by atoms with Gasteiger partial charge in [-0.3, -0.25) is 4.79 Å². The van der Waals surface area contributed by atoms with Gasteiger partial charge >= 0.3 is 0 Å². The minimum absolute atomic E-state index is 0.140. The van der Waals surface area contributed by atoms with E-state index in [1.54, 1.807) is 25.2 Å². The average molecular weight is 448 g/mol. The van der Waals surface area contributed by atoms with Crippen LogP contribution in [0.25, 0.3) is 0 Å². The third-order valence-electron chi connectivity index (χ3n) is 2.87. The van der Waals surface area contributed by atoms with Gasteiger partial charge in [-0.05, 0) is 62.8 Å². The van der Waals surface area contributed by atoms with Crippen molar-refractivity contribution >= 4 is 44.4 Å². The maximum absolute atomic E-state index is 13.6. The fourth-order valence-electron chi connectivity index (χ4n) is 1.82. The molecule has 0 radical (unpaired) electrons. The number of carbonyl (C=O) groups is 1. The first-order valence-corrected chi connectivity index (χ1v) is 7.80. The van der Waals surface area contributed by atoms with Gasteiger partial charge in [-0.1, -0.05) is 18.2 Å². The van der Waals surface area contributed by atoms with Gasteiger partial charge in [0, 0.05) is 27.2 Å². The quantitative estimate of drug-likeness (QED) is 0.636. The summed E-state index contributed by atoms with van der Waals surface area (Å²) in [4.78, 5) is 13.9. The van der Waals surface area contributed by atoms with E-state index in [1.807, 2.05) is 18.2 Å². The van der Waals surface area contributed by atoms with Crippen molar-refractivity contribution in [2.45, 2.75) is 6.54 Å². The minimum Gasteiger partial charge on any atom is -0.337 e. The second-order valence-corrected chi connectivity index (χ2v) is 6.48. The molecule has 0 saturated heterocycles. The van der Waals surface area contributed by atoms with E-state index in [4.69, 9.17) is 0 Å². The zero-order valence-corrected chi connectivity index (χ0v) is 14.5. The van der Waals surface area contributed by atoms with Crippen LogP contribution in [-0.2, 0) is 6.54 Å². The lowest BCUT2D eigenvalue weighted by molar-refractivity contribution is 0.0783. The zero-order chi connectivity index (χ0) is 14.7. The molecule has 0 fully saturated rings. The lowest BCUT2D eigenvalue weighted by atomic mass is 10.1.